The van der Waals surface area contributed by atoms with Gasteiger partial charge in [0.2, 0.25) is 5.91 Å². The second kappa shape index (κ2) is 7.11. The van der Waals surface area contributed by atoms with Gasteiger partial charge in [-0.25, -0.2) is 4.98 Å². The summed E-state index contributed by atoms with van der Waals surface area (Å²) in [6.45, 7) is 2.97. The second-order valence-electron chi connectivity index (χ2n) is 6.29. The van der Waals surface area contributed by atoms with Gasteiger partial charge in [0, 0.05) is 36.4 Å². The van der Waals surface area contributed by atoms with Crippen molar-refractivity contribution in [2.24, 2.45) is 7.05 Å². The molecule has 4 rings (SSSR count). The Morgan fingerprint density at radius 1 is 1.28 bits per heavy atom. The number of aromatic nitrogens is 2. The van der Waals surface area contributed by atoms with Crippen LogP contribution in [0.25, 0.3) is 0 Å². The van der Waals surface area contributed by atoms with Crippen LogP contribution < -0.4 is 5.32 Å². The van der Waals surface area contributed by atoms with Gasteiger partial charge >= 0.3 is 0 Å². The van der Waals surface area contributed by atoms with Crippen molar-refractivity contribution in [2.75, 3.05) is 6.54 Å². The van der Waals surface area contributed by atoms with Crippen molar-refractivity contribution in [3.05, 3.63) is 62.5 Å². The zero-order valence-corrected chi connectivity index (χ0v) is 15.6. The molecule has 0 unspecified atom stereocenters. The van der Waals surface area contributed by atoms with Gasteiger partial charge in [-0.3, -0.25) is 9.69 Å². The van der Waals surface area contributed by atoms with Gasteiger partial charge in [0.1, 0.15) is 0 Å². The molecule has 1 amide bonds. The summed E-state index contributed by atoms with van der Waals surface area (Å²) in [6.07, 6.45) is 1.82. The first-order valence-corrected chi connectivity index (χ1v) is 10.0. The van der Waals surface area contributed by atoms with Crippen LogP contribution in [0.5, 0.6) is 0 Å². The van der Waals surface area contributed by atoms with Gasteiger partial charge < -0.3 is 9.88 Å². The average Bonchev–Trinajstić information content (AvgIpc) is 3.35. The molecule has 0 aliphatic carbocycles. The summed E-state index contributed by atoms with van der Waals surface area (Å²) in [7, 11) is 1.97. The quantitative estimate of drug-likeness (QED) is 0.749. The van der Waals surface area contributed by atoms with Crippen LogP contribution in [0.3, 0.4) is 0 Å². The first-order chi connectivity index (χ1) is 12.2. The van der Waals surface area contributed by atoms with Crippen LogP contribution in [0, 0.1) is 0 Å². The number of hydrogen-bond acceptors (Lipinski definition) is 5. The number of nitrogens with one attached hydrogen (secondary N) is 1. The minimum atomic E-state index is -0.184. The molecule has 25 heavy (non-hydrogen) atoms. The topological polar surface area (TPSA) is 50.2 Å². The van der Waals surface area contributed by atoms with Crippen molar-refractivity contribution < 1.29 is 4.79 Å². The van der Waals surface area contributed by atoms with Crippen molar-refractivity contribution in [1.82, 2.24) is 19.8 Å². The first-order valence-electron chi connectivity index (χ1n) is 8.25. The molecule has 1 aliphatic heterocycles. The van der Waals surface area contributed by atoms with E-state index in [4.69, 9.17) is 0 Å². The molecule has 0 saturated carbocycles. The van der Waals surface area contributed by atoms with E-state index in [1.165, 1.54) is 9.75 Å². The average molecular weight is 373 g/mol. The van der Waals surface area contributed by atoms with E-state index in [9.17, 15) is 4.79 Å². The van der Waals surface area contributed by atoms with E-state index >= 15 is 0 Å². The summed E-state index contributed by atoms with van der Waals surface area (Å²) in [5.41, 5.74) is 2.06. The summed E-state index contributed by atoms with van der Waals surface area (Å²) >= 11 is 3.42. The molecular weight excluding hydrogens is 352 g/mol. The molecular formula is C18H20N4OS2. The lowest BCUT2D eigenvalue weighted by atomic mass is 9.97. The third kappa shape index (κ3) is 3.53. The van der Waals surface area contributed by atoms with Crippen LogP contribution >= 0.6 is 22.7 Å². The van der Waals surface area contributed by atoms with Gasteiger partial charge in [-0.1, -0.05) is 12.1 Å². The number of aryl methyl sites for hydroxylation is 1. The normalized spacial score (nSPS) is 17.4. The number of hydrogen-bond donors (Lipinski definition) is 1. The molecule has 3 aromatic heterocycles. The summed E-state index contributed by atoms with van der Waals surface area (Å²) in [5.74, 6) is -0.106. The van der Waals surface area contributed by atoms with E-state index in [1.54, 1.807) is 22.7 Å². The Bertz CT molecular complexity index is 839. The summed E-state index contributed by atoms with van der Waals surface area (Å²) in [5, 5.41) is 7.22. The molecule has 3 aromatic rings. The lowest BCUT2D eigenvalue weighted by Gasteiger charge is -2.31. The largest absolute Gasteiger partial charge is 0.351 e. The Morgan fingerprint density at radius 3 is 2.76 bits per heavy atom. The van der Waals surface area contributed by atoms with E-state index in [1.807, 2.05) is 35.5 Å². The zero-order chi connectivity index (χ0) is 17.2. The number of carbonyl (C=O) groups is 1. The fourth-order valence-corrected chi connectivity index (χ4v) is 4.73. The maximum atomic E-state index is 12.9. The highest BCUT2D eigenvalue weighted by Gasteiger charge is 2.33. The second-order valence-corrected chi connectivity index (χ2v) is 8.35. The molecule has 1 atom stereocenters. The Labute approximate surface area is 154 Å². The number of amides is 1. The summed E-state index contributed by atoms with van der Waals surface area (Å²) in [4.78, 5) is 22.2. The maximum Gasteiger partial charge on any atom is 0.230 e. The smallest absolute Gasteiger partial charge is 0.230 e. The van der Waals surface area contributed by atoms with Crippen LogP contribution in [0.15, 0.2) is 41.4 Å². The Balaban J connectivity index is 1.51. The van der Waals surface area contributed by atoms with Gasteiger partial charge in [-0.05, 0) is 22.9 Å². The molecule has 0 spiro atoms. The standard InChI is InChI=1S/C18H20N4OS2/c1-21-12-20-16-11-22(9-14-5-3-7-25-14)10-15(17(16)21)18(23)19-8-13-4-2-6-24-13/h2-7,12,15H,8-11H2,1H3,(H,19,23)/t15-/m1/s1. The molecule has 0 fully saturated rings. The molecule has 130 valence electrons. The number of imidazole rings is 1. The molecule has 7 heteroatoms. The van der Waals surface area contributed by atoms with E-state index in [0.717, 1.165) is 31.0 Å². The van der Waals surface area contributed by atoms with Crippen LogP contribution in [0.4, 0.5) is 0 Å². The van der Waals surface area contributed by atoms with Crippen LogP contribution in [0.1, 0.15) is 27.1 Å². The van der Waals surface area contributed by atoms with Crippen molar-refractivity contribution in [3.8, 4) is 0 Å². The van der Waals surface area contributed by atoms with E-state index in [2.05, 4.69) is 32.7 Å². The minimum absolute atomic E-state index is 0.0779. The Kier molecular flexibility index (Phi) is 4.70. The minimum Gasteiger partial charge on any atom is -0.351 e. The number of thiophene rings is 2. The van der Waals surface area contributed by atoms with E-state index in [-0.39, 0.29) is 11.8 Å². The first kappa shape index (κ1) is 16.5. The van der Waals surface area contributed by atoms with Gasteiger partial charge in [0.25, 0.3) is 0 Å². The highest BCUT2D eigenvalue weighted by Crippen LogP contribution is 2.29. The number of fused-ring (bicyclic) bond motifs is 1. The lowest BCUT2D eigenvalue weighted by Crippen LogP contribution is -2.41. The number of nitrogens with zero attached hydrogens (tertiary/aromatic N) is 3. The van der Waals surface area contributed by atoms with Gasteiger partial charge in [0.15, 0.2) is 0 Å². The van der Waals surface area contributed by atoms with Crippen molar-refractivity contribution in [3.63, 3.8) is 0 Å². The number of rotatable bonds is 5. The van der Waals surface area contributed by atoms with Crippen molar-refractivity contribution >= 4 is 28.6 Å². The van der Waals surface area contributed by atoms with Crippen LogP contribution in [0.2, 0.25) is 0 Å². The van der Waals surface area contributed by atoms with Crippen LogP contribution in [-0.2, 0) is 31.5 Å². The molecule has 0 saturated heterocycles. The summed E-state index contributed by atoms with van der Waals surface area (Å²) < 4.78 is 1.99. The van der Waals surface area contributed by atoms with Gasteiger partial charge in [-0.15, -0.1) is 22.7 Å². The van der Waals surface area contributed by atoms with Gasteiger partial charge in [-0.2, -0.15) is 0 Å². The third-order valence-electron chi connectivity index (χ3n) is 4.50. The predicted molar refractivity (Wildman–Crippen MR) is 101 cm³/mol. The van der Waals surface area contributed by atoms with Crippen molar-refractivity contribution in [2.45, 2.75) is 25.6 Å². The Hall–Kier alpha value is -1.96. The fourth-order valence-electron chi connectivity index (χ4n) is 3.34. The molecule has 5 nitrogen and oxygen atoms in total. The molecule has 0 radical (unpaired) electrons. The molecule has 0 bridgehead atoms. The van der Waals surface area contributed by atoms with Gasteiger partial charge in [0.05, 0.1) is 30.2 Å². The molecule has 0 aromatic carbocycles. The fraction of sp³-hybridized carbons (Fsp3) is 0.333. The lowest BCUT2D eigenvalue weighted by molar-refractivity contribution is -0.123. The molecule has 1 N–H and O–H groups in total. The Morgan fingerprint density at radius 2 is 2.04 bits per heavy atom. The SMILES string of the molecule is Cn1cnc2c1[C@H](C(=O)NCc1cccs1)CN(Cc1cccs1)C2. The third-order valence-corrected chi connectivity index (χ3v) is 6.24. The van der Waals surface area contributed by atoms with E-state index < -0.39 is 0 Å². The predicted octanol–water partition coefficient (Wildman–Crippen LogP) is 2.96. The van der Waals surface area contributed by atoms with E-state index in [0.29, 0.717) is 6.54 Å². The molecule has 1 aliphatic rings. The number of carbonyl (C=O) groups excluding carboxylic acids is 1. The maximum absolute atomic E-state index is 12.9. The summed E-state index contributed by atoms with van der Waals surface area (Å²) in [6, 6.07) is 8.27. The monoisotopic (exact) mass is 372 g/mol. The highest BCUT2D eigenvalue weighted by atomic mass is 32.1. The van der Waals surface area contributed by atoms with Crippen molar-refractivity contribution in [1.29, 1.82) is 0 Å². The highest BCUT2D eigenvalue weighted by molar-refractivity contribution is 7.10. The molecule has 4 heterocycles. The zero-order valence-electron chi connectivity index (χ0n) is 14.0. The van der Waals surface area contributed by atoms with Crippen LogP contribution in [-0.4, -0.2) is 26.9 Å².